The topological polar surface area (TPSA) is 24.9 Å². The molecule has 0 aliphatic carbocycles. The molecule has 14 heavy (non-hydrogen) atoms. The number of nitrogens with one attached hydrogen (secondary N) is 1. The molecular formula is C11H17ClN2. The van der Waals surface area contributed by atoms with Crippen molar-refractivity contribution in [2.45, 2.75) is 39.2 Å². The summed E-state index contributed by atoms with van der Waals surface area (Å²) in [4.78, 5) is 4.18. The van der Waals surface area contributed by atoms with Crippen LogP contribution in [0.4, 0.5) is 5.82 Å². The summed E-state index contributed by atoms with van der Waals surface area (Å²) in [6.07, 6.45) is 5.37. The average Bonchev–Trinajstić information content (AvgIpc) is 2.18. The minimum atomic E-state index is 0.433. The Bertz CT molecular complexity index is 276. The first-order valence-electron chi connectivity index (χ1n) is 5.11. The van der Waals surface area contributed by atoms with Crippen molar-refractivity contribution in [3.8, 4) is 0 Å². The van der Waals surface area contributed by atoms with Gasteiger partial charge in [0.25, 0.3) is 0 Å². The van der Waals surface area contributed by atoms with Gasteiger partial charge in [0.15, 0.2) is 0 Å². The number of unbranched alkanes of at least 4 members (excludes halogenated alkanes) is 1. The lowest BCUT2D eigenvalue weighted by atomic mass is 10.1. The first-order chi connectivity index (χ1) is 6.74. The van der Waals surface area contributed by atoms with Crippen LogP contribution in [0, 0.1) is 0 Å². The van der Waals surface area contributed by atoms with Crippen molar-refractivity contribution in [2.75, 3.05) is 5.32 Å². The third-order valence-electron chi connectivity index (χ3n) is 2.13. The van der Waals surface area contributed by atoms with E-state index in [-0.39, 0.29) is 0 Å². The van der Waals surface area contributed by atoms with E-state index in [4.69, 9.17) is 11.6 Å². The molecule has 1 rings (SSSR count). The number of pyridine rings is 1. The van der Waals surface area contributed by atoms with Crippen molar-refractivity contribution in [2.24, 2.45) is 0 Å². The molecule has 1 atom stereocenters. The zero-order valence-electron chi connectivity index (χ0n) is 8.76. The van der Waals surface area contributed by atoms with Gasteiger partial charge in [-0.1, -0.05) is 31.4 Å². The lowest BCUT2D eigenvalue weighted by Gasteiger charge is -2.14. The Kier molecular flexibility index (Phi) is 4.74. The summed E-state index contributed by atoms with van der Waals surface area (Å²) in [7, 11) is 0. The Morgan fingerprint density at radius 1 is 1.57 bits per heavy atom. The molecule has 3 heteroatoms. The zero-order valence-corrected chi connectivity index (χ0v) is 9.51. The fourth-order valence-corrected chi connectivity index (χ4v) is 1.48. The Hall–Kier alpha value is -0.760. The van der Waals surface area contributed by atoms with Crippen LogP contribution in [0.15, 0.2) is 18.3 Å². The maximum atomic E-state index is 5.98. The van der Waals surface area contributed by atoms with Crippen LogP contribution in [0.5, 0.6) is 0 Å². The second-order valence-electron chi connectivity index (χ2n) is 3.52. The largest absolute Gasteiger partial charge is 0.366 e. The first-order valence-corrected chi connectivity index (χ1v) is 5.49. The number of nitrogens with zero attached hydrogens (tertiary/aromatic N) is 1. The summed E-state index contributed by atoms with van der Waals surface area (Å²) in [5.74, 6) is 0.790. The Morgan fingerprint density at radius 3 is 3.00 bits per heavy atom. The number of hydrogen-bond acceptors (Lipinski definition) is 2. The van der Waals surface area contributed by atoms with Crippen molar-refractivity contribution in [1.82, 2.24) is 4.98 Å². The van der Waals surface area contributed by atoms with E-state index < -0.39 is 0 Å². The van der Waals surface area contributed by atoms with Gasteiger partial charge in [0, 0.05) is 12.2 Å². The highest BCUT2D eigenvalue weighted by Crippen LogP contribution is 2.19. The van der Waals surface area contributed by atoms with Crippen LogP contribution >= 0.6 is 11.6 Å². The fourth-order valence-electron chi connectivity index (χ4n) is 1.31. The minimum Gasteiger partial charge on any atom is -0.366 e. The lowest BCUT2D eigenvalue weighted by Crippen LogP contribution is -2.15. The molecule has 1 heterocycles. The van der Waals surface area contributed by atoms with Gasteiger partial charge in [0.1, 0.15) is 5.82 Å². The summed E-state index contributed by atoms with van der Waals surface area (Å²) >= 11 is 5.98. The van der Waals surface area contributed by atoms with Gasteiger partial charge in [-0.15, -0.1) is 0 Å². The zero-order chi connectivity index (χ0) is 10.4. The monoisotopic (exact) mass is 212 g/mol. The van der Waals surface area contributed by atoms with Crippen molar-refractivity contribution >= 4 is 17.4 Å². The molecule has 1 unspecified atom stereocenters. The number of aromatic nitrogens is 1. The van der Waals surface area contributed by atoms with E-state index in [1.807, 2.05) is 12.1 Å². The molecule has 78 valence electrons. The highest BCUT2D eigenvalue weighted by Gasteiger charge is 2.04. The van der Waals surface area contributed by atoms with Crippen LogP contribution in [0.3, 0.4) is 0 Å². The number of anilines is 1. The van der Waals surface area contributed by atoms with Gasteiger partial charge in [0.05, 0.1) is 5.02 Å². The molecule has 1 N–H and O–H groups in total. The summed E-state index contributed by atoms with van der Waals surface area (Å²) in [6.45, 7) is 4.35. The summed E-state index contributed by atoms with van der Waals surface area (Å²) in [5, 5.41) is 3.99. The molecule has 0 bridgehead atoms. The molecule has 2 nitrogen and oxygen atoms in total. The van der Waals surface area contributed by atoms with E-state index in [1.165, 1.54) is 12.8 Å². The molecule has 1 aromatic rings. The van der Waals surface area contributed by atoms with Crippen LogP contribution in [-0.4, -0.2) is 11.0 Å². The van der Waals surface area contributed by atoms with Gasteiger partial charge in [0.2, 0.25) is 0 Å². The van der Waals surface area contributed by atoms with Crippen LogP contribution in [-0.2, 0) is 0 Å². The van der Waals surface area contributed by atoms with E-state index in [9.17, 15) is 0 Å². The Labute approximate surface area is 90.7 Å². The molecule has 0 saturated heterocycles. The fraction of sp³-hybridized carbons (Fsp3) is 0.545. The Balaban J connectivity index is 2.47. The van der Waals surface area contributed by atoms with E-state index in [1.54, 1.807) is 6.20 Å². The molecule has 0 radical (unpaired) electrons. The number of rotatable bonds is 5. The second-order valence-corrected chi connectivity index (χ2v) is 3.93. The maximum absolute atomic E-state index is 5.98. The minimum absolute atomic E-state index is 0.433. The second kappa shape index (κ2) is 5.86. The van der Waals surface area contributed by atoms with Crippen molar-refractivity contribution in [3.05, 3.63) is 23.4 Å². The number of halogens is 1. The van der Waals surface area contributed by atoms with Gasteiger partial charge >= 0.3 is 0 Å². The molecular weight excluding hydrogens is 196 g/mol. The predicted octanol–water partition coefficient (Wildman–Crippen LogP) is 3.73. The van der Waals surface area contributed by atoms with Gasteiger partial charge < -0.3 is 5.32 Å². The Morgan fingerprint density at radius 2 is 2.36 bits per heavy atom. The molecule has 0 aliphatic rings. The van der Waals surface area contributed by atoms with Gasteiger partial charge in [-0.25, -0.2) is 4.98 Å². The summed E-state index contributed by atoms with van der Waals surface area (Å²) in [5.41, 5.74) is 0. The van der Waals surface area contributed by atoms with Crippen molar-refractivity contribution < 1.29 is 0 Å². The van der Waals surface area contributed by atoms with Crippen LogP contribution in [0.2, 0.25) is 5.02 Å². The molecule has 0 amide bonds. The molecule has 0 fully saturated rings. The number of hydrogen-bond donors (Lipinski definition) is 1. The van der Waals surface area contributed by atoms with Gasteiger partial charge in [-0.05, 0) is 25.5 Å². The highest BCUT2D eigenvalue weighted by molar-refractivity contribution is 6.32. The first kappa shape index (κ1) is 11.3. The predicted molar refractivity (Wildman–Crippen MR) is 61.9 cm³/mol. The summed E-state index contributed by atoms with van der Waals surface area (Å²) < 4.78 is 0. The van der Waals surface area contributed by atoms with E-state index >= 15 is 0 Å². The van der Waals surface area contributed by atoms with E-state index in [0.29, 0.717) is 11.1 Å². The normalized spacial score (nSPS) is 12.5. The van der Waals surface area contributed by atoms with Crippen molar-refractivity contribution in [1.29, 1.82) is 0 Å². The third kappa shape index (κ3) is 3.54. The van der Waals surface area contributed by atoms with Crippen molar-refractivity contribution in [3.63, 3.8) is 0 Å². The van der Waals surface area contributed by atoms with E-state index in [0.717, 1.165) is 12.2 Å². The SMILES string of the molecule is CCCCC(C)Nc1ncccc1Cl. The molecule has 0 saturated carbocycles. The van der Waals surface area contributed by atoms with Gasteiger partial charge in [-0.3, -0.25) is 0 Å². The average molecular weight is 213 g/mol. The van der Waals surface area contributed by atoms with Gasteiger partial charge in [-0.2, -0.15) is 0 Å². The van der Waals surface area contributed by atoms with Crippen LogP contribution in [0.1, 0.15) is 33.1 Å². The molecule has 1 aromatic heterocycles. The van der Waals surface area contributed by atoms with E-state index in [2.05, 4.69) is 24.1 Å². The molecule has 0 spiro atoms. The standard InChI is InChI=1S/C11H17ClN2/c1-3-4-6-9(2)14-11-10(12)7-5-8-13-11/h5,7-9H,3-4,6H2,1-2H3,(H,13,14). The molecule has 0 aromatic carbocycles. The maximum Gasteiger partial charge on any atom is 0.144 e. The van der Waals surface area contributed by atoms with Crippen LogP contribution in [0.25, 0.3) is 0 Å². The highest BCUT2D eigenvalue weighted by atomic mass is 35.5. The smallest absolute Gasteiger partial charge is 0.144 e. The third-order valence-corrected chi connectivity index (χ3v) is 2.44. The lowest BCUT2D eigenvalue weighted by molar-refractivity contribution is 0.643. The molecule has 0 aliphatic heterocycles. The van der Waals surface area contributed by atoms with Crippen LogP contribution < -0.4 is 5.32 Å². The quantitative estimate of drug-likeness (QED) is 0.805. The summed E-state index contributed by atoms with van der Waals surface area (Å²) in [6, 6.07) is 4.12.